The number of hydrogen-bond acceptors (Lipinski definition) is 7. The van der Waals surface area contributed by atoms with Gasteiger partial charge in [-0.05, 0) is 44.2 Å². The first kappa shape index (κ1) is 24.6. The smallest absolute Gasteiger partial charge is 0.312 e. The van der Waals surface area contributed by atoms with Gasteiger partial charge in [0, 0.05) is 41.8 Å². The average Bonchev–Trinajstić information content (AvgIpc) is 3.17. The summed E-state index contributed by atoms with van der Waals surface area (Å²) in [6.45, 7) is 4.13. The summed E-state index contributed by atoms with van der Waals surface area (Å²) >= 11 is 0. The van der Waals surface area contributed by atoms with E-state index in [4.69, 9.17) is 9.47 Å². The number of Topliss-reactive ketones (excluding diaryl/α,β-unsaturated/α-hetero) is 1. The molecule has 0 unspecified atom stereocenters. The fraction of sp³-hybridized carbons (Fsp3) is 0.292. The molecule has 1 aromatic heterocycles. The van der Waals surface area contributed by atoms with E-state index in [-0.39, 0.29) is 42.7 Å². The number of ether oxygens (including phenoxy) is 2. The van der Waals surface area contributed by atoms with Gasteiger partial charge in [0.2, 0.25) is 15.8 Å². The van der Waals surface area contributed by atoms with Crippen LogP contribution in [0.2, 0.25) is 0 Å². The molecule has 11 heteroatoms. The molecule has 1 saturated heterocycles. The van der Waals surface area contributed by atoms with Gasteiger partial charge in [-0.3, -0.25) is 14.9 Å². The van der Waals surface area contributed by atoms with Gasteiger partial charge in [0.25, 0.3) is 0 Å². The molecule has 2 heterocycles. The normalized spacial score (nSPS) is 14.6. The van der Waals surface area contributed by atoms with Crippen molar-refractivity contribution in [3.8, 4) is 11.4 Å². The van der Waals surface area contributed by atoms with Crippen LogP contribution in [0.15, 0.2) is 59.5 Å². The van der Waals surface area contributed by atoms with Gasteiger partial charge in [0.15, 0.2) is 12.4 Å². The van der Waals surface area contributed by atoms with Crippen molar-refractivity contribution in [3.05, 3.63) is 81.7 Å². The molecule has 4 rings (SSSR count). The largest absolute Gasteiger partial charge is 0.478 e. The van der Waals surface area contributed by atoms with Crippen LogP contribution >= 0.6 is 0 Å². The molecule has 1 aliphatic rings. The molecule has 0 bridgehead atoms. The summed E-state index contributed by atoms with van der Waals surface area (Å²) in [6, 6.07) is 14.8. The molecule has 35 heavy (non-hydrogen) atoms. The highest BCUT2D eigenvalue weighted by molar-refractivity contribution is 7.89. The molecule has 10 nitrogen and oxygen atoms in total. The van der Waals surface area contributed by atoms with E-state index in [1.54, 1.807) is 6.07 Å². The Morgan fingerprint density at radius 3 is 2.43 bits per heavy atom. The molecule has 1 fully saturated rings. The van der Waals surface area contributed by atoms with E-state index in [2.05, 4.69) is 0 Å². The highest BCUT2D eigenvalue weighted by Gasteiger charge is 2.29. The van der Waals surface area contributed by atoms with E-state index < -0.39 is 27.2 Å². The number of sulfonamides is 1. The van der Waals surface area contributed by atoms with Crippen LogP contribution in [-0.4, -0.2) is 60.9 Å². The topological polar surface area (TPSA) is 121 Å². The number of nitro groups is 1. The lowest BCUT2D eigenvalue weighted by molar-refractivity contribution is -0.386. The summed E-state index contributed by atoms with van der Waals surface area (Å²) in [5, 5.41) is 11.7. The van der Waals surface area contributed by atoms with Crippen LogP contribution < -0.4 is 4.74 Å². The molecule has 0 atom stereocenters. The molecule has 0 radical (unpaired) electrons. The minimum atomic E-state index is -3.92. The fourth-order valence-electron chi connectivity index (χ4n) is 4.10. The maximum absolute atomic E-state index is 12.9. The lowest BCUT2D eigenvalue weighted by Crippen LogP contribution is -2.40. The van der Waals surface area contributed by atoms with Crippen LogP contribution in [0.3, 0.4) is 0 Å². The third-order valence-electron chi connectivity index (χ3n) is 5.84. The lowest BCUT2D eigenvalue weighted by Gasteiger charge is -2.26. The summed E-state index contributed by atoms with van der Waals surface area (Å²) in [5.74, 6) is -0.527. The summed E-state index contributed by atoms with van der Waals surface area (Å²) in [4.78, 5) is 23.7. The van der Waals surface area contributed by atoms with Crippen LogP contribution in [0, 0.1) is 24.0 Å². The number of morpholine rings is 1. The number of hydrogen-bond donors (Lipinski definition) is 0. The predicted molar refractivity (Wildman–Crippen MR) is 128 cm³/mol. The number of aromatic nitrogens is 1. The first-order valence-corrected chi connectivity index (χ1v) is 12.4. The Bertz CT molecular complexity index is 1360. The molecule has 0 spiro atoms. The Hall–Kier alpha value is -3.54. The second-order valence-electron chi connectivity index (χ2n) is 8.07. The minimum absolute atomic E-state index is 0.171. The molecule has 1 aliphatic heterocycles. The zero-order valence-corrected chi connectivity index (χ0v) is 20.2. The number of nitrogens with zero attached hydrogens (tertiary/aromatic N) is 3. The molecule has 3 aromatic rings. The zero-order valence-electron chi connectivity index (χ0n) is 19.3. The first-order valence-electron chi connectivity index (χ1n) is 11.0. The molecule has 0 saturated carbocycles. The maximum atomic E-state index is 12.9. The van der Waals surface area contributed by atoms with Crippen molar-refractivity contribution < 1.29 is 27.6 Å². The van der Waals surface area contributed by atoms with Crippen LogP contribution in [0.25, 0.3) is 5.69 Å². The Labute approximate surface area is 202 Å². The summed E-state index contributed by atoms with van der Waals surface area (Å²) < 4.78 is 39.6. The summed E-state index contributed by atoms with van der Waals surface area (Å²) in [6.07, 6.45) is 0. The predicted octanol–water partition coefficient (Wildman–Crippen LogP) is 3.28. The van der Waals surface area contributed by atoms with Crippen molar-refractivity contribution >= 4 is 21.5 Å². The number of carbonyl (C=O) groups excluding carboxylic acids is 1. The molecule has 0 N–H and O–H groups in total. The average molecular weight is 500 g/mol. The number of ketones is 1. The molecule has 0 aliphatic carbocycles. The van der Waals surface area contributed by atoms with Crippen LogP contribution in [0.5, 0.6) is 5.75 Å². The molecule has 0 amide bonds. The minimum Gasteiger partial charge on any atom is -0.478 e. The van der Waals surface area contributed by atoms with Crippen LogP contribution in [-0.2, 0) is 14.8 Å². The molecular weight excluding hydrogens is 474 g/mol. The number of aryl methyl sites for hydroxylation is 1. The van der Waals surface area contributed by atoms with E-state index >= 15 is 0 Å². The second kappa shape index (κ2) is 9.98. The molecular formula is C24H25N3O7S. The maximum Gasteiger partial charge on any atom is 0.312 e. The van der Waals surface area contributed by atoms with Gasteiger partial charge in [0.1, 0.15) is 0 Å². The van der Waals surface area contributed by atoms with Crippen molar-refractivity contribution in [2.75, 3.05) is 32.9 Å². The van der Waals surface area contributed by atoms with Gasteiger partial charge in [-0.25, -0.2) is 8.42 Å². The van der Waals surface area contributed by atoms with Crippen molar-refractivity contribution in [2.45, 2.75) is 18.7 Å². The monoisotopic (exact) mass is 499 g/mol. The van der Waals surface area contributed by atoms with Gasteiger partial charge < -0.3 is 14.0 Å². The first-order chi connectivity index (χ1) is 16.7. The zero-order chi connectivity index (χ0) is 25.2. The number of rotatable bonds is 8. The summed E-state index contributed by atoms with van der Waals surface area (Å²) in [5.41, 5.74) is 2.42. The van der Waals surface area contributed by atoms with Gasteiger partial charge in [0.05, 0.1) is 23.0 Å². The highest BCUT2D eigenvalue weighted by Crippen LogP contribution is 2.31. The fourth-order valence-corrected chi connectivity index (χ4v) is 5.53. The quantitative estimate of drug-likeness (QED) is 0.265. The molecule has 2 aromatic carbocycles. The Balaban J connectivity index is 1.55. The third-order valence-corrected chi connectivity index (χ3v) is 7.73. The second-order valence-corrected chi connectivity index (χ2v) is 10.0. The van der Waals surface area contributed by atoms with Crippen LogP contribution in [0.4, 0.5) is 5.69 Å². The SMILES string of the molecule is Cc1cc(C(=O)COc2ccc(S(=O)(=O)N3CCOCC3)cc2[N+](=O)[O-])c(C)n1-c1ccccc1. The standard InChI is InChI=1S/C24H25N3O7S/c1-17-14-21(18(2)26(17)19-6-4-3-5-7-19)23(28)16-34-24-9-8-20(15-22(24)27(29)30)35(31,32)25-10-12-33-13-11-25/h3-9,14-15H,10-13,16H2,1-2H3. The van der Waals surface area contributed by atoms with Crippen molar-refractivity contribution in [1.82, 2.24) is 8.87 Å². The van der Waals surface area contributed by atoms with E-state index in [1.807, 2.05) is 48.7 Å². The van der Waals surface area contributed by atoms with Gasteiger partial charge in [-0.15, -0.1) is 0 Å². The number of para-hydroxylation sites is 1. The van der Waals surface area contributed by atoms with Crippen molar-refractivity contribution in [3.63, 3.8) is 0 Å². The summed E-state index contributed by atoms with van der Waals surface area (Å²) in [7, 11) is -3.92. The van der Waals surface area contributed by atoms with E-state index in [0.717, 1.165) is 23.1 Å². The Kier molecular flexibility index (Phi) is 7.01. The number of nitro benzene ring substituents is 1. The Morgan fingerprint density at radius 1 is 1.09 bits per heavy atom. The van der Waals surface area contributed by atoms with Gasteiger partial charge in [-0.1, -0.05) is 18.2 Å². The van der Waals surface area contributed by atoms with Gasteiger partial charge >= 0.3 is 5.69 Å². The van der Waals surface area contributed by atoms with E-state index in [1.165, 1.54) is 16.4 Å². The van der Waals surface area contributed by atoms with Crippen LogP contribution in [0.1, 0.15) is 21.7 Å². The van der Waals surface area contributed by atoms with E-state index in [0.29, 0.717) is 5.56 Å². The lowest BCUT2D eigenvalue weighted by atomic mass is 10.1. The van der Waals surface area contributed by atoms with Crippen molar-refractivity contribution in [2.24, 2.45) is 0 Å². The van der Waals surface area contributed by atoms with E-state index in [9.17, 15) is 23.3 Å². The Morgan fingerprint density at radius 2 is 1.77 bits per heavy atom. The molecule has 184 valence electrons. The number of carbonyl (C=O) groups is 1. The highest BCUT2D eigenvalue weighted by atomic mass is 32.2. The number of benzene rings is 2. The third kappa shape index (κ3) is 4.97. The van der Waals surface area contributed by atoms with Crippen molar-refractivity contribution in [1.29, 1.82) is 0 Å². The van der Waals surface area contributed by atoms with Gasteiger partial charge in [-0.2, -0.15) is 4.31 Å².